The van der Waals surface area contributed by atoms with Gasteiger partial charge in [-0.3, -0.25) is 4.90 Å². The van der Waals surface area contributed by atoms with Crippen LogP contribution in [0.25, 0.3) is 0 Å². The molecule has 3 aromatic carbocycles. The van der Waals surface area contributed by atoms with E-state index in [1.807, 2.05) is 0 Å². The molecule has 0 spiro atoms. The monoisotopic (exact) mass is 859 g/mol. The molecule has 59 heavy (non-hydrogen) atoms. The van der Waals surface area contributed by atoms with Crippen LogP contribution >= 0.6 is 23.2 Å². The zero-order valence-electron chi connectivity index (χ0n) is 31.6. The lowest BCUT2D eigenvalue weighted by Gasteiger charge is -2.44. The highest BCUT2D eigenvalue weighted by Crippen LogP contribution is 2.38. The number of carbonyl (C=O) groups is 3. The third-order valence-electron chi connectivity index (χ3n) is 10.4. The van der Waals surface area contributed by atoms with E-state index in [2.05, 4.69) is 19.9 Å². The summed E-state index contributed by atoms with van der Waals surface area (Å²) in [5.41, 5.74) is 1.50. The number of halogens is 5. The summed E-state index contributed by atoms with van der Waals surface area (Å²) in [7, 11) is 0. The number of nitrogens with zero attached hydrogens (tertiary/aromatic N) is 1. The summed E-state index contributed by atoms with van der Waals surface area (Å²) in [4.78, 5) is 45.3. The van der Waals surface area contributed by atoms with Crippen LogP contribution in [0, 0.1) is 17.7 Å². The van der Waals surface area contributed by atoms with E-state index in [1.54, 1.807) is 18.2 Å². The molecule has 4 heterocycles. The van der Waals surface area contributed by atoms with Gasteiger partial charge in [-0.25, -0.2) is 23.8 Å². The molecule has 3 atom stereocenters. The van der Waals surface area contributed by atoms with E-state index in [9.17, 15) is 27.6 Å². The van der Waals surface area contributed by atoms with Gasteiger partial charge in [-0.15, -0.1) is 0 Å². The predicted molar refractivity (Wildman–Crippen MR) is 207 cm³/mol. The Bertz CT molecular complexity index is 2100. The van der Waals surface area contributed by atoms with Crippen LogP contribution in [-0.2, 0) is 30.2 Å². The zero-order valence-corrected chi connectivity index (χ0v) is 33.1. The van der Waals surface area contributed by atoms with Gasteiger partial charge in [0.15, 0.2) is 36.5 Å². The van der Waals surface area contributed by atoms with Gasteiger partial charge < -0.3 is 34.5 Å². The normalized spacial score (nSPS) is 19.2. The molecule has 1 unspecified atom stereocenters. The molecule has 0 amide bonds. The Kier molecular flexibility index (Phi) is 14.6. The number of anilines is 1. The molecule has 4 aliphatic rings. The molecule has 3 saturated heterocycles. The molecule has 1 aromatic heterocycles. The lowest BCUT2D eigenvalue weighted by atomic mass is 9.86. The molecule has 1 saturated carbocycles. The van der Waals surface area contributed by atoms with Crippen LogP contribution in [0.4, 0.5) is 18.9 Å². The predicted octanol–water partition coefficient (Wildman–Crippen LogP) is 7.63. The number of carbonyl (C=O) groups excluding carboxylic acids is 3. The Labute approximate surface area is 348 Å². The maximum atomic E-state index is 14.4. The highest BCUT2D eigenvalue weighted by Gasteiger charge is 2.38. The first kappa shape index (κ1) is 43.5. The topological polar surface area (TPSA) is 157 Å². The van der Waals surface area contributed by atoms with E-state index in [-0.39, 0.29) is 51.0 Å². The van der Waals surface area contributed by atoms with Gasteiger partial charge in [-0.1, -0.05) is 47.5 Å². The molecule has 4 aromatic rings. The number of hydrogen-bond donors (Lipinski definition) is 1. The van der Waals surface area contributed by atoms with Crippen molar-refractivity contribution in [2.24, 2.45) is 11.8 Å². The van der Waals surface area contributed by atoms with Gasteiger partial charge in [-0.05, 0) is 104 Å². The van der Waals surface area contributed by atoms with Crippen molar-refractivity contribution in [3.05, 3.63) is 117 Å². The minimum Gasteiger partial charge on any atom is -0.870 e. The first-order valence-electron chi connectivity index (χ1n) is 19.0. The molecule has 314 valence electrons. The number of hydrogen-bond acceptors (Lipinski definition) is 11. The third-order valence-corrected chi connectivity index (χ3v) is 11.1. The second-order valence-corrected chi connectivity index (χ2v) is 15.4. The molecule has 3 N–H and O–H groups in total. The Hall–Kier alpha value is -5.09. The molecule has 8 rings (SSSR count). The highest BCUT2D eigenvalue weighted by atomic mass is 35.5. The molecule has 1 aliphatic carbocycles. The number of ether oxygens (including phenoxy) is 5. The largest absolute Gasteiger partial charge is 0.870 e. The minimum atomic E-state index is -3.10. The quantitative estimate of drug-likeness (QED) is 0.0823. The van der Waals surface area contributed by atoms with E-state index in [0.29, 0.717) is 41.4 Å². The van der Waals surface area contributed by atoms with Crippen molar-refractivity contribution in [2.45, 2.75) is 57.0 Å². The summed E-state index contributed by atoms with van der Waals surface area (Å²) in [5, 5.41) is 3.60. The van der Waals surface area contributed by atoms with Crippen LogP contribution in [0.3, 0.4) is 0 Å². The first-order valence-corrected chi connectivity index (χ1v) is 19.7. The number of aromatic nitrogens is 1. The SMILES string of the molecule is O=C(COC(=O)c1cccc(NC(C(=O)O[C@H]2CN3CCC2CC3)c2cccc(F)c2)c1)O[C@@H](Cc1c(Cl)c[nH+]cc1Cl)c1ccc(OC(F)F)c(OCC2CC2)c1.[OH-]. The summed E-state index contributed by atoms with van der Waals surface area (Å²) < 4.78 is 68.5. The molecular formula is C42H42Cl2F3N3O9. The zero-order chi connectivity index (χ0) is 40.8. The van der Waals surface area contributed by atoms with Gasteiger partial charge in [-0.2, -0.15) is 8.78 Å². The van der Waals surface area contributed by atoms with Gasteiger partial charge in [0.1, 0.15) is 28.1 Å². The van der Waals surface area contributed by atoms with Crippen molar-refractivity contribution >= 4 is 46.8 Å². The van der Waals surface area contributed by atoms with E-state index in [1.165, 1.54) is 60.9 Å². The molecule has 4 fully saturated rings. The van der Waals surface area contributed by atoms with Gasteiger partial charge in [0, 0.05) is 24.2 Å². The third kappa shape index (κ3) is 11.6. The van der Waals surface area contributed by atoms with E-state index in [4.69, 9.17) is 42.1 Å². The Morgan fingerprint density at radius 1 is 0.898 bits per heavy atom. The van der Waals surface area contributed by atoms with Crippen LogP contribution in [0.5, 0.6) is 11.5 Å². The standard InChI is InChI=1S/C42H40Cl2F3N3O8.H2O/c43-32-19-48-20-33(44)31(32)18-35(26-9-10-34(58-42(46)47)36(17-26)54-22-24-7-8-24)56-38(51)23-55-40(52)28-4-2-6-30(16-28)49-39(27-3-1-5-29(45)15-27)41(53)57-37-21-50-13-11-25(37)12-14-50;/h1-6,9-10,15-17,19-20,24-25,35,37,39,42,49H,7-8,11-14,18,21-23H2;1H2/t35-,37-,39?;/m0./s1. The Balaban J connectivity index is 0.00000585. The molecule has 17 heteroatoms. The second kappa shape index (κ2) is 19.8. The number of benzene rings is 3. The second-order valence-electron chi connectivity index (χ2n) is 14.6. The highest BCUT2D eigenvalue weighted by molar-refractivity contribution is 6.35. The van der Waals surface area contributed by atoms with Crippen molar-refractivity contribution < 1.29 is 61.7 Å². The fourth-order valence-electron chi connectivity index (χ4n) is 7.14. The summed E-state index contributed by atoms with van der Waals surface area (Å²) in [6.45, 7) is -1.03. The number of esters is 3. The van der Waals surface area contributed by atoms with E-state index >= 15 is 0 Å². The molecule has 2 bridgehead atoms. The van der Waals surface area contributed by atoms with Crippen molar-refractivity contribution in [3.8, 4) is 11.5 Å². The van der Waals surface area contributed by atoms with Gasteiger partial charge in [0.05, 0.1) is 12.2 Å². The van der Waals surface area contributed by atoms with Crippen LogP contribution in [0.1, 0.15) is 64.9 Å². The van der Waals surface area contributed by atoms with Crippen LogP contribution in [0.15, 0.2) is 79.1 Å². The van der Waals surface area contributed by atoms with Crippen molar-refractivity contribution in [3.63, 3.8) is 0 Å². The number of fused-ring (bicyclic) bond motifs is 3. The first-order chi connectivity index (χ1) is 28.0. The summed E-state index contributed by atoms with van der Waals surface area (Å²) >= 11 is 12.9. The van der Waals surface area contributed by atoms with Crippen molar-refractivity contribution in [1.29, 1.82) is 0 Å². The molecule has 12 nitrogen and oxygen atoms in total. The minimum absolute atomic E-state index is 0. The average Bonchev–Trinajstić information content (AvgIpc) is 4.05. The number of rotatable bonds is 17. The van der Waals surface area contributed by atoms with Gasteiger partial charge in [0.2, 0.25) is 0 Å². The molecule has 0 radical (unpaired) electrons. The maximum Gasteiger partial charge on any atom is 0.387 e. The molecular weight excluding hydrogens is 818 g/mol. The fourth-order valence-corrected chi connectivity index (χ4v) is 7.67. The van der Waals surface area contributed by atoms with E-state index < -0.39 is 49.1 Å². The smallest absolute Gasteiger partial charge is 0.387 e. The number of pyridine rings is 1. The Morgan fingerprint density at radius 2 is 1.64 bits per heavy atom. The lowest BCUT2D eigenvalue weighted by Crippen LogP contribution is -2.52. The number of piperidine rings is 3. The van der Waals surface area contributed by atoms with Gasteiger partial charge >= 0.3 is 24.5 Å². The summed E-state index contributed by atoms with van der Waals surface area (Å²) in [6.07, 6.45) is 5.38. The Morgan fingerprint density at radius 3 is 2.32 bits per heavy atom. The van der Waals surface area contributed by atoms with Crippen molar-refractivity contribution in [2.75, 3.05) is 38.2 Å². The number of H-pyrrole nitrogens is 1. The fraction of sp³-hybridized carbons (Fsp3) is 0.381. The summed E-state index contributed by atoms with van der Waals surface area (Å²) in [6, 6.07) is 14.8. The lowest BCUT2D eigenvalue weighted by molar-refractivity contribution is -0.377. The van der Waals surface area contributed by atoms with Crippen molar-refractivity contribution in [1.82, 2.24) is 4.90 Å². The van der Waals surface area contributed by atoms with Crippen LogP contribution in [-0.4, -0.2) is 73.8 Å². The number of nitrogens with one attached hydrogen (secondary N) is 2. The number of aromatic amines is 1. The van der Waals surface area contributed by atoms with Crippen LogP contribution in [0.2, 0.25) is 10.0 Å². The average molecular weight is 861 g/mol. The maximum absolute atomic E-state index is 14.4. The summed E-state index contributed by atoms with van der Waals surface area (Å²) in [5.74, 6) is -2.51. The van der Waals surface area contributed by atoms with E-state index in [0.717, 1.165) is 38.8 Å². The van der Waals surface area contributed by atoms with Crippen LogP contribution < -0.4 is 19.8 Å². The molecule has 3 aliphatic heterocycles. The number of alkyl halides is 2. The van der Waals surface area contributed by atoms with Gasteiger partial charge in [0.25, 0.3) is 0 Å².